The van der Waals surface area contributed by atoms with E-state index in [2.05, 4.69) is 15.3 Å². The zero-order chi connectivity index (χ0) is 15.8. The predicted molar refractivity (Wildman–Crippen MR) is 69.8 cm³/mol. The summed E-state index contributed by atoms with van der Waals surface area (Å²) in [5, 5.41) is 2.41. The fraction of sp³-hybridized carbons (Fsp3) is 0.357. The van der Waals surface area contributed by atoms with Gasteiger partial charge in [-0.15, -0.1) is 0 Å². The van der Waals surface area contributed by atoms with Crippen LogP contribution < -0.4 is 5.32 Å². The van der Waals surface area contributed by atoms with E-state index in [0.717, 1.165) is 6.26 Å². The first kappa shape index (κ1) is 14.6. The Labute approximate surface area is 123 Å². The van der Waals surface area contributed by atoms with Gasteiger partial charge in [-0.2, -0.15) is 13.2 Å². The van der Waals surface area contributed by atoms with Crippen LogP contribution in [0.2, 0.25) is 0 Å². The summed E-state index contributed by atoms with van der Waals surface area (Å²) in [6.45, 7) is 0. The molecular formula is C14H12F3N3O2. The standard InChI is InChI=1S/C14H12F3N3O2/c15-14(16,17)8-13(3-4-13)20-11(21)10-7-22-12(19-10)9-2-1-5-18-6-9/h1-2,5-7H,3-4,8H2,(H,20,21). The smallest absolute Gasteiger partial charge is 0.391 e. The van der Waals surface area contributed by atoms with E-state index in [-0.39, 0.29) is 11.6 Å². The largest absolute Gasteiger partial charge is 0.444 e. The molecule has 0 saturated heterocycles. The third-order valence-electron chi connectivity index (χ3n) is 3.42. The Bertz CT molecular complexity index is 678. The molecule has 2 aromatic heterocycles. The molecule has 1 saturated carbocycles. The van der Waals surface area contributed by atoms with E-state index in [1.54, 1.807) is 18.3 Å². The third-order valence-corrected chi connectivity index (χ3v) is 3.42. The van der Waals surface area contributed by atoms with Crippen LogP contribution in [0.3, 0.4) is 0 Å². The molecule has 3 rings (SSSR count). The number of pyridine rings is 1. The van der Waals surface area contributed by atoms with E-state index in [4.69, 9.17) is 4.42 Å². The summed E-state index contributed by atoms with van der Waals surface area (Å²) >= 11 is 0. The number of nitrogens with zero attached hydrogens (tertiary/aromatic N) is 2. The monoisotopic (exact) mass is 311 g/mol. The molecule has 0 spiro atoms. The van der Waals surface area contributed by atoms with Gasteiger partial charge in [0.05, 0.1) is 12.0 Å². The van der Waals surface area contributed by atoms with Crippen molar-refractivity contribution in [2.75, 3.05) is 0 Å². The SMILES string of the molecule is O=C(NC1(CC(F)(F)F)CC1)c1coc(-c2cccnc2)n1. The second-order valence-corrected chi connectivity index (χ2v) is 5.31. The molecule has 2 heterocycles. The Morgan fingerprint density at radius 3 is 2.77 bits per heavy atom. The summed E-state index contributed by atoms with van der Waals surface area (Å²) in [5.41, 5.74) is -0.659. The number of rotatable bonds is 4. The quantitative estimate of drug-likeness (QED) is 0.942. The van der Waals surface area contributed by atoms with E-state index in [1.807, 2.05) is 0 Å². The number of nitrogens with one attached hydrogen (secondary N) is 1. The minimum absolute atomic E-state index is 0.0488. The topological polar surface area (TPSA) is 68.0 Å². The van der Waals surface area contributed by atoms with Crippen LogP contribution in [0.15, 0.2) is 35.2 Å². The van der Waals surface area contributed by atoms with E-state index < -0.39 is 24.0 Å². The van der Waals surface area contributed by atoms with Gasteiger partial charge in [0.1, 0.15) is 6.26 Å². The summed E-state index contributed by atoms with van der Waals surface area (Å²) < 4.78 is 42.6. The van der Waals surface area contributed by atoms with Gasteiger partial charge in [0.25, 0.3) is 5.91 Å². The van der Waals surface area contributed by atoms with Crippen molar-refractivity contribution in [1.29, 1.82) is 0 Å². The Morgan fingerprint density at radius 1 is 1.41 bits per heavy atom. The molecular weight excluding hydrogens is 299 g/mol. The van der Waals surface area contributed by atoms with Gasteiger partial charge in [-0.05, 0) is 25.0 Å². The molecule has 0 aliphatic heterocycles. The minimum Gasteiger partial charge on any atom is -0.444 e. The maximum Gasteiger partial charge on any atom is 0.391 e. The van der Waals surface area contributed by atoms with Crippen LogP contribution in [0.1, 0.15) is 29.8 Å². The molecule has 1 aliphatic rings. The first-order valence-electron chi connectivity index (χ1n) is 6.62. The van der Waals surface area contributed by atoms with E-state index in [0.29, 0.717) is 18.4 Å². The van der Waals surface area contributed by atoms with Crippen molar-refractivity contribution in [2.45, 2.75) is 31.0 Å². The molecule has 116 valence electrons. The van der Waals surface area contributed by atoms with E-state index >= 15 is 0 Å². The molecule has 0 bridgehead atoms. The molecule has 0 radical (unpaired) electrons. The first-order chi connectivity index (χ1) is 10.4. The Morgan fingerprint density at radius 2 is 2.18 bits per heavy atom. The number of hydrogen-bond donors (Lipinski definition) is 1. The summed E-state index contributed by atoms with van der Waals surface area (Å²) in [4.78, 5) is 19.9. The lowest BCUT2D eigenvalue weighted by molar-refractivity contribution is -0.141. The number of carbonyl (C=O) groups excluding carboxylic acids is 1. The second-order valence-electron chi connectivity index (χ2n) is 5.31. The average molecular weight is 311 g/mol. The number of halogens is 3. The van der Waals surface area contributed by atoms with Crippen molar-refractivity contribution >= 4 is 5.91 Å². The minimum atomic E-state index is -4.31. The van der Waals surface area contributed by atoms with Crippen molar-refractivity contribution < 1.29 is 22.4 Å². The Balaban J connectivity index is 1.70. The Hall–Kier alpha value is -2.38. The van der Waals surface area contributed by atoms with Crippen LogP contribution in [0.25, 0.3) is 11.5 Å². The fourth-order valence-corrected chi connectivity index (χ4v) is 2.19. The summed E-state index contributed by atoms with van der Waals surface area (Å²) in [6, 6.07) is 3.38. The zero-order valence-corrected chi connectivity index (χ0v) is 11.4. The van der Waals surface area contributed by atoms with Gasteiger partial charge in [-0.1, -0.05) is 0 Å². The number of hydrogen-bond acceptors (Lipinski definition) is 4. The van der Waals surface area contributed by atoms with E-state index in [1.165, 1.54) is 6.20 Å². The predicted octanol–water partition coefficient (Wildman–Crippen LogP) is 2.95. The molecule has 1 aliphatic carbocycles. The maximum absolute atomic E-state index is 12.5. The van der Waals surface area contributed by atoms with Gasteiger partial charge in [0.15, 0.2) is 5.69 Å². The van der Waals surface area contributed by atoms with Gasteiger partial charge >= 0.3 is 6.18 Å². The molecule has 5 nitrogen and oxygen atoms in total. The number of aromatic nitrogens is 2. The molecule has 1 N–H and O–H groups in total. The summed E-state index contributed by atoms with van der Waals surface area (Å²) in [6.07, 6.45) is -0.500. The summed E-state index contributed by atoms with van der Waals surface area (Å²) in [5.74, 6) is -0.473. The van der Waals surface area contributed by atoms with Crippen LogP contribution in [0, 0.1) is 0 Å². The van der Waals surface area contributed by atoms with Crippen LogP contribution in [0.4, 0.5) is 13.2 Å². The highest BCUT2D eigenvalue weighted by Crippen LogP contribution is 2.44. The van der Waals surface area contributed by atoms with Crippen molar-refractivity contribution in [1.82, 2.24) is 15.3 Å². The molecule has 0 atom stereocenters. The summed E-state index contributed by atoms with van der Waals surface area (Å²) in [7, 11) is 0. The highest BCUT2D eigenvalue weighted by atomic mass is 19.4. The van der Waals surface area contributed by atoms with Crippen molar-refractivity contribution in [3.05, 3.63) is 36.5 Å². The lowest BCUT2D eigenvalue weighted by atomic mass is 10.1. The molecule has 1 fully saturated rings. The second kappa shape index (κ2) is 5.11. The molecule has 2 aromatic rings. The Kier molecular flexibility index (Phi) is 3.38. The van der Waals surface area contributed by atoms with Gasteiger partial charge in [-0.3, -0.25) is 9.78 Å². The number of carbonyl (C=O) groups is 1. The number of amides is 1. The molecule has 0 aromatic carbocycles. The van der Waals surface area contributed by atoms with E-state index in [9.17, 15) is 18.0 Å². The van der Waals surface area contributed by atoms with Gasteiger partial charge in [0, 0.05) is 17.9 Å². The van der Waals surface area contributed by atoms with Crippen molar-refractivity contribution in [3.8, 4) is 11.5 Å². The third kappa shape index (κ3) is 3.26. The maximum atomic E-state index is 12.5. The van der Waals surface area contributed by atoms with Gasteiger partial charge < -0.3 is 9.73 Å². The van der Waals surface area contributed by atoms with Gasteiger partial charge in [-0.25, -0.2) is 4.98 Å². The van der Waals surface area contributed by atoms with Crippen molar-refractivity contribution in [3.63, 3.8) is 0 Å². The van der Waals surface area contributed by atoms with Crippen molar-refractivity contribution in [2.24, 2.45) is 0 Å². The average Bonchev–Trinajstić information content (AvgIpc) is 3.02. The van der Waals surface area contributed by atoms with Crippen LogP contribution in [-0.4, -0.2) is 27.6 Å². The number of alkyl halides is 3. The molecule has 1 amide bonds. The molecule has 22 heavy (non-hydrogen) atoms. The highest BCUT2D eigenvalue weighted by Gasteiger charge is 2.51. The highest BCUT2D eigenvalue weighted by molar-refractivity contribution is 5.93. The van der Waals surface area contributed by atoms with Crippen LogP contribution in [0.5, 0.6) is 0 Å². The molecule has 8 heteroatoms. The molecule has 0 unspecified atom stereocenters. The van der Waals surface area contributed by atoms with Gasteiger partial charge in [0.2, 0.25) is 5.89 Å². The normalized spacial score (nSPS) is 16.3. The van der Waals surface area contributed by atoms with Crippen LogP contribution >= 0.6 is 0 Å². The lowest BCUT2D eigenvalue weighted by Crippen LogP contribution is -2.40. The number of oxazole rings is 1. The lowest BCUT2D eigenvalue weighted by Gasteiger charge is -2.18. The first-order valence-corrected chi connectivity index (χ1v) is 6.62. The van der Waals surface area contributed by atoms with Crippen LogP contribution in [-0.2, 0) is 0 Å². The fourth-order valence-electron chi connectivity index (χ4n) is 2.19. The zero-order valence-electron chi connectivity index (χ0n) is 11.4.